The number of rotatable bonds is 5. The number of hydrogen-bond acceptors (Lipinski definition) is 3. The third kappa shape index (κ3) is 3.56. The number of halogens is 1. The predicted octanol–water partition coefficient (Wildman–Crippen LogP) is 5.03. The Bertz CT molecular complexity index is 1020. The van der Waals surface area contributed by atoms with Crippen molar-refractivity contribution in [2.45, 2.75) is 18.3 Å². The molecule has 5 heteroatoms. The van der Waals surface area contributed by atoms with Gasteiger partial charge in [-0.25, -0.2) is 0 Å². The lowest BCUT2D eigenvalue weighted by Crippen LogP contribution is -2.41. The van der Waals surface area contributed by atoms with Crippen LogP contribution in [0.1, 0.15) is 16.7 Å². The third-order valence-electron chi connectivity index (χ3n) is 5.59. The van der Waals surface area contributed by atoms with E-state index in [1.165, 1.54) is 11.1 Å². The van der Waals surface area contributed by atoms with E-state index in [2.05, 4.69) is 17.4 Å². The molecule has 3 aromatic carbocycles. The van der Waals surface area contributed by atoms with Gasteiger partial charge in [-0.1, -0.05) is 48.0 Å². The highest BCUT2D eigenvalue weighted by molar-refractivity contribution is 6.30. The lowest BCUT2D eigenvalue weighted by Gasteiger charge is -2.29. The zero-order chi connectivity index (χ0) is 20.4. The second kappa shape index (κ2) is 7.80. The standard InChI is InChI=1S/C24H22ClNO3/c1-28-20-11-12-21(22(13-20)29-2)26-23(27)24(18-7-9-19(25)10-8-18)14-16-5-3-4-6-17(16)15-24/h3-13H,14-15H2,1-2H3,(H,26,27). The summed E-state index contributed by atoms with van der Waals surface area (Å²) in [4.78, 5) is 13.7. The quantitative estimate of drug-likeness (QED) is 0.645. The third-order valence-corrected chi connectivity index (χ3v) is 5.84. The zero-order valence-corrected chi connectivity index (χ0v) is 17.1. The lowest BCUT2D eigenvalue weighted by molar-refractivity contribution is -0.121. The Morgan fingerprint density at radius 3 is 2.17 bits per heavy atom. The van der Waals surface area contributed by atoms with Crippen molar-refractivity contribution in [2.75, 3.05) is 19.5 Å². The van der Waals surface area contributed by atoms with Gasteiger partial charge in [-0.2, -0.15) is 0 Å². The molecule has 0 saturated carbocycles. The summed E-state index contributed by atoms with van der Waals surface area (Å²) in [6.45, 7) is 0. The summed E-state index contributed by atoms with van der Waals surface area (Å²) in [6, 6.07) is 21.1. The molecule has 1 N–H and O–H groups in total. The molecule has 0 radical (unpaired) electrons. The van der Waals surface area contributed by atoms with Crippen molar-refractivity contribution in [3.05, 3.63) is 88.4 Å². The summed E-state index contributed by atoms with van der Waals surface area (Å²) in [6.07, 6.45) is 1.27. The first kappa shape index (κ1) is 19.3. The van der Waals surface area contributed by atoms with Gasteiger partial charge in [0.1, 0.15) is 11.5 Å². The molecule has 0 atom stereocenters. The highest BCUT2D eigenvalue weighted by Crippen LogP contribution is 2.42. The molecule has 148 valence electrons. The van der Waals surface area contributed by atoms with Gasteiger partial charge in [0, 0.05) is 11.1 Å². The SMILES string of the molecule is COc1ccc(NC(=O)C2(c3ccc(Cl)cc3)Cc3ccccc3C2)c(OC)c1. The smallest absolute Gasteiger partial charge is 0.235 e. The number of hydrogen-bond donors (Lipinski definition) is 1. The van der Waals surface area contributed by atoms with Gasteiger partial charge in [0.05, 0.1) is 25.3 Å². The molecule has 0 saturated heterocycles. The van der Waals surface area contributed by atoms with Crippen LogP contribution in [0.2, 0.25) is 5.02 Å². The summed E-state index contributed by atoms with van der Waals surface area (Å²) in [5, 5.41) is 3.74. The number of methoxy groups -OCH3 is 2. The zero-order valence-electron chi connectivity index (χ0n) is 16.4. The number of nitrogens with one attached hydrogen (secondary N) is 1. The minimum atomic E-state index is -0.709. The Hall–Kier alpha value is -2.98. The molecule has 1 amide bonds. The second-order valence-corrected chi connectivity index (χ2v) is 7.67. The Kier molecular flexibility index (Phi) is 5.20. The molecule has 0 aromatic heterocycles. The van der Waals surface area contributed by atoms with E-state index in [0.29, 0.717) is 35.1 Å². The van der Waals surface area contributed by atoms with Crippen molar-refractivity contribution in [1.29, 1.82) is 0 Å². The number of carbonyl (C=O) groups excluding carboxylic acids is 1. The molecule has 0 aliphatic heterocycles. The van der Waals surface area contributed by atoms with Crippen molar-refractivity contribution in [1.82, 2.24) is 0 Å². The highest BCUT2D eigenvalue weighted by Gasteiger charge is 2.45. The first-order valence-electron chi connectivity index (χ1n) is 9.42. The van der Waals surface area contributed by atoms with Crippen LogP contribution in [0.25, 0.3) is 0 Å². The summed E-state index contributed by atoms with van der Waals surface area (Å²) in [5.74, 6) is 1.15. The maximum atomic E-state index is 13.7. The van der Waals surface area contributed by atoms with Crippen LogP contribution in [0, 0.1) is 0 Å². The first-order valence-corrected chi connectivity index (χ1v) is 9.80. The van der Waals surface area contributed by atoms with Crippen LogP contribution in [0.15, 0.2) is 66.7 Å². The average molecular weight is 408 g/mol. The molecule has 0 heterocycles. The molecule has 1 aliphatic carbocycles. The molecule has 3 aromatic rings. The van der Waals surface area contributed by atoms with Crippen LogP contribution in [0.4, 0.5) is 5.69 Å². The fraction of sp³-hybridized carbons (Fsp3) is 0.208. The predicted molar refractivity (Wildman–Crippen MR) is 115 cm³/mol. The van der Waals surface area contributed by atoms with Gasteiger partial charge < -0.3 is 14.8 Å². The van der Waals surface area contributed by atoms with Gasteiger partial charge >= 0.3 is 0 Å². The number of ether oxygens (including phenoxy) is 2. The summed E-state index contributed by atoms with van der Waals surface area (Å²) < 4.78 is 10.7. The first-order chi connectivity index (χ1) is 14.1. The van der Waals surface area contributed by atoms with Gasteiger partial charge in [-0.15, -0.1) is 0 Å². The molecular weight excluding hydrogens is 386 g/mol. The molecule has 0 unspecified atom stereocenters. The Morgan fingerprint density at radius 1 is 0.931 bits per heavy atom. The summed E-state index contributed by atoms with van der Waals surface area (Å²) in [7, 11) is 3.17. The maximum absolute atomic E-state index is 13.7. The van der Waals surface area contributed by atoms with Crippen LogP contribution < -0.4 is 14.8 Å². The van der Waals surface area contributed by atoms with Crippen molar-refractivity contribution in [3.8, 4) is 11.5 Å². The normalized spacial score (nSPS) is 14.2. The molecule has 29 heavy (non-hydrogen) atoms. The number of amides is 1. The van der Waals surface area contributed by atoms with Crippen molar-refractivity contribution >= 4 is 23.2 Å². The minimum Gasteiger partial charge on any atom is -0.497 e. The monoisotopic (exact) mass is 407 g/mol. The van der Waals surface area contributed by atoms with E-state index in [0.717, 1.165) is 5.56 Å². The maximum Gasteiger partial charge on any atom is 0.235 e. The van der Waals surface area contributed by atoms with E-state index in [1.54, 1.807) is 32.4 Å². The molecule has 0 fully saturated rings. The molecular formula is C24H22ClNO3. The summed E-state index contributed by atoms with van der Waals surface area (Å²) in [5.41, 5.74) is 3.24. The van der Waals surface area contributed by atoms with Gasteiger partial charge in [0.25, 0.3) is 0 Å². The molecule has 0 spiro atoms. The van der Waals surface area contributed by atoms with Gasteiger partial charge in [-0.05, 0) is 53.8 Å². The number of benzene rings is 3. The van der Waals surface area contributed by atoms with Crippen molar-refractivity contribution < 1.29 is 14.3 Å². The van der Waals surface area contributed by atoms with Crippen LogP contribution >= 0.6 is 11.6 Å². The Balaban J connectivity index is 1.73. The van der Waals surface area contributed by atoms with Crippen molar-refractivity contribution in [2.24, 2.45) is 0 Å². The largest absolute Gasteiger partial charge is 0.497 e. The Labute approximate surface area is 175 Å². The molecule has 1 aliphatic rings. The van der Waals surface area contributed by atoms with Crippen molar-refractivity contribution in [3.63, 3.8) is 0 Å². The van der Waals surface area contributed by atoms with Crippen LogP contribution in [-0.2, 0) is 23.1 Å². The average Bonchev–Trinajstić information content (AvgIpc) is 3.15. The van der Waals surface area contributed by atoms with E-state index in [-0.39, 0.29) is 5.91 Å². The van der Waals surface area contributed by atoms with Gasteiger partial charge in [0.15, 0.2) is 0 Å². The van der Waals surface area contributed by atoms with E-state index in [9.17, 15) is 4.79 Å². The van der Waals surface area contributed by atoms with Gasteiger partial charge in [-0.3, -0.25) is 4.79 Å². The van der Waals surface area contributed by atoms with Crippen LogP contribution in [0.3, 0.4) is 0 Å². The molecule has 4 rings (SSSR count). The minimum absolute atomic E-state index is 0.0699. The van der Waals surface area contributed by atoms with E-state index in [1.807, 2.05) is 36.4 Å². The highest BCUT2D eigenvalue weighted by atomic mass is 35.5. The van der Waals surface area contributed by atoms with E-state index in [4.69, 9.17) is 21.1 Å². The van der Waals surface area contributed by atoms with Crippen LogP contribution in [-0.4, -0.2) is 20.1 Å². The van der Waals surface area contributed by atoms with E-state index < -0.39 is 5.41 Å². The lowest BCUT2D eigenvalue weighted by atomic mass is 9.76. The number of fused-ring (bicyclic) bond motifs is 1. The summed E-state index contributed by atoms with van der Waals surface area (Å²) >= 11 is 6.10. The van der Waals surface area contributed by atoms with Crippen LogP contribution in [0.5, 0.6) is 11.5 Å². The second-order valence-electron chi connectivity index (χ2n) is 7.23. The fourth-order valence-corrected chi connectivity index (χ4v) is 4.15. The number of anilines is 1. The fourth-order valence-electron chi connectivity index (χ4n) is 4.02. The molecule has 0 bridgehead atoms. The Morgan fingerprint density at radius 2 is 1.59 bits per heavy atom. The topological polar surface area (TPSA) is 47.6 Å². The van der Waals surface area contributed by atoms with Gasteiger partial charge in [0.2, 0.25) is 5.91 Å². The molecule has 4 nitrogen and oxygen atoms in total. The number of carbonyl (C=O) groups is 1. The van der Waals surface area contributed by atoms with E-state index >= 15 is 0 Å².